The number of hydrogen-bond acceptors (Lipinski definition) is 2. The molecule has 1 aliphatic rings. The zero-order valence-electron chi connectivity index (χ0n) is 10.4. The quantitative estimate of drug-likeness (QED) is 0.534. The molecule has 1 amide bonds. The van der Waals surface area contributed by atoms with Crippen molar-refractivity contribution in [2.45, 2.75) is 51.5 Å². The van der Waals surface area contributed by atoms with E-state index in [0.29, 0.717) is 6.61 Å². The summed E-state index contributed by atoms with van der Waals surface area (Å²) in [4.78, 5) is 11.6. The van der Waals surface area contributed by atoms with E-state index in [1.807, 2.05) is 0 Å². The van der Waals surface area contributed by atoms with Gasteiger partial charge in [-0.1, -0.05) is 31.9 Å². The summed E-state index contributed by atoms with van der Waals surface area (Å²) in [5.41, 5.74) is -0.0795. The molecule has 0 bridgehead atoms. The third-order valence-corrected chi connectivity index (χ3v) is 2.87. The van der Waals surface area contributed by atoms with Gasteiger partial charge in [0.2, 0.25) is 5.91 Å². The van der Waals surface area contributed by atoms with Crippen LogP contribution in [0.2, 0.25) is 0 Å². The molecule has 0 aliphatic heterocycles. The number of unbranched alkanes of at least 4 members (excludes halogenated alkanes) is 2. The number of carbonyl (C=O) groups is 1. The second-order valence-electron chi connectivity index (χ2n) is 4.75. The maximum absolute atomic E-state index is 11.6. The van der Waals surface area contributed by atoms with Crippen molar-refractivity contribution in [1.82, 2.24) is 5.32 Å². The third-order valence-electron chi connectivity index (χ3n) is 2.87. The molecule has 92 valence electrons. The first kappa shape index (κ1) is 13.2. The highest BCUT2D eigenvalue weighted by Gasteiger charge is 2.26. The van der Waals surface area contributed by atoms with Crippen LogP contribution in [0.1, 0.15) is 46.0 Å². The minimum Gasteiger partial charge on any atom is -0.372 e. The molecular weight excluding hydrogens is 202 g/mol. The largest absolute Gasteiger partial charge is 0.372 e. The normalized spacial score (nSPS) is 17.6. The predicted octanol–water partition coefficient (Wildman–Crippen LogP) is 2.42. The molecule has 0 fully saturated rings. The van der Waals surface area contributed by atoms with Gasteiger partial charge in [-0.05, 0) is 26.2 Å². The molecule has 3 heteroatoms. The minimum atomic E-state index is -0.0795. The maximum atomic E-state index is 11.6. The Morgan fingerprint density at radius 3 is 2.69 bits per heavy atom. The van der Waals surface area contributed by atoms with Crippen LogP contribution in [-0.4, -0.2) is 24.7 Å². The minimum absolute atomic E-state index is 0.00250. The summed E-state index contributed by atoms with van der Waals surface area (Å²) in [6, 6.07) is 0. The average Bonchev–Trinajstić information content (AvgIpc) is 2.64. The Bertz CT molecular complexity index is 240. The summed E-state index contributed by atoms with van der Waals surface area (Å²) in [6.45, 7) is 5.11. The van der Waals surface area contributed by atoms with E-state index in [-0.39, 0.29) is 18.1 Å². The first-order chi connectivity index (χ1) is 7.66. The number of hydrogen-bond donors (Lipinski definition) is 1. The molecule has 1 N–H and O–H groups in total. The highest BCUT2D eigenvalue weighted by molar-refractivity contribution is 5.78. The SMILES string of the molecule is CCCCCOCC(=O)NC1(C)CC=CC1. The molecule has 1 aliphatic carbocycles. The van der Waals surface area contributed by atoms with Crippen LogP contribution < -0.4 is 5.32 Å². The summed E-state index contributed by atoms with van der Waals surface area (Å²) >= 11 is 0. The molecule has 0 unspecified atom stereocenters. The second-order valence-corrected chi connectivity index (χ2v) is 4.75. The lowest BCUT2D eigenvalue weighted by Crippen LogP contribution is -2.45. The summed E-state index contributed by atoms with van der Waals surface area (Å²) in [7, 11) is 0. The molecule has 0 saturated heterocycles. The van der Waals surface area contributed by atoms with Crippen molar-refractivity contribution in [3.8, 4) is 0 Å². The molecular formula is C13H23NO2. The smallest absolute Gasteiger partial charge is 0.246 e. The summed E-state index contributed by atoms with van der Waals surface area (Å²) in [5, 5.41) is 3.02. The van der Waals surface area contributed by atoms with Gasteiger partial charge >= 0.3 is 0 Å². The van der Waals surface area contributed by atoms with E-state index in [1.54, 1.807) is 0 Å². The molecule has 3 nitrogen and oxygen atoms in total. The second kappa shape index (κ2) is 6.69. The van der Waals surface area contributed by atoms with Gasteiger partial charge in [-0.3, -0.25) is 4.79 Å². The molecule has 0 aromatic rings. The molecule has 0 spiro atoms. The lowest BCUT2D eigenvalue weighted by atomic mass is 10.00. The van der Waals surface area contributed by atoms with Crippen molar-refractivity contribution < 1.29 is 9.53 Å². The van der Waals surface area contributed by atoms with Crippen molar-refractivity contribution in [3.63, 3.8) is 0 Å². The standard InChI is InChI=1S/C13H23NO2/c1-3-4-7-10-16-11-12(15)14-13(2)8-5-6-9-13/h5-6H,3-4,7-11H2,1-2H3,(H,14,15). The Labute approximate surface area is 98.2 Å². The van der Waals surface area contributed by atoms with Gasteiger partial charge in [0.15, 0.2) is 0 Å². The van der Waals surface area contributed by atoms with Gasteiger partial charge in [0.25, 0.3) is 0 Å². The van der Waals surface area contributed by atoms with E-state index in [4.69, 9.17) is 4.74 Å². The molecule has 1 rings (SSSR count). The van der Waals surface area contributed by atoms with Crippen molar-refractivity contribution in [2.24, 2.45) is 0 Å². The van der Waals surface area contributed by atoms with Crippen molar-refractivity contribution in [3.05, 3.63) is 12.2 Å². The zero-order chi connectivity index (χ0) is 11.9. The Morgan fingerprint density at radius 2 is 2.06 bits per heavy atom. The Morgan fingerprint density at radius 1 is 1.38 bits per heavy atom. The number of carbonyl (C=O) groups excluding carboxylic acids is 1. The van der Waals surface area contributed by atoms with Crippen molar-refractivity contribution in [1.29, 1.82) is 0 Å². The number of ether oxygens (including phenoxy) is 1. The third kappa shape index (κ3) is 4.79. The average molecular weight is 225 g/mol. The van der Waals surface area contributed by atoms with Gasteiger partial charge in [0.05, 0.1) is 0 Å². The van der Waals surface area contributed by atoms with Gasteiger partial charge in [0.1, 0.15) is 6.61 Å². The first-order valence-corrected chi connectivity index (χ1v) is 6.20. The monoisotopic (exact) mass is 225 g/mol. The van der Waals surface area contributed by atoms with Crippen LogP contribution in [0.15, 0.2) is 12.2 Å². The van der Waals surface area contributed by atoms with E-state index < -0.39 is 0 Å². The number of rotatable bonds is 7. The topological polar surface area (TPSA) is 38.3 Å². The van der Waals surface area contributed by atoms with Crippen LogP contribution in [0.4, 0.5) is 0 Å². The molecule has 0 radical (unpaired) electrons. The fourth-order valence-electron chi connectivity index (χ4n) is 1.86. The summed E-state index contributed by atoms with van der Waals surface area (Å²) in [5.74, 6) is 0.00250. The van der Waals surface area contributed by atoms with E-state index in [9.17, 15) is 4.79 Å². The Balaban J connectivity index is 2.07. The van der Waals surface area contributed by atoms with Crippen LogP contribution in [0.3, 0.4) is 0 Å². The van der Waals surface area contributed by atoms with Crippen molar-refractivity contribution >= 4 is 5.91 Å². The van der Waals surface area contributed by atoms with Gasteiger partial charge < -0.3 is 10.1 Å². The molecule has 16 heavy (non-hydrogen) atoms. The molecule has 0 saturated carbocycles. The van der Waals surface area contributed by atoms with Gasteiger partial charge in [-0.25, -0.2) is 0 Å². The van der Waals surface area contributed by atoms with Crippen LogP contribution in [-0.2, 0) is 9.53 Å². The summed E-state index contributed by atoms with van der Waals surface area (Å²) in [6.07, 6.45) is 9.47. The first-order valence-electron chi connectivity index (χ1n) is 6.20. The van der Waals surface area contributed by atoms with Crippen LogP contribution in [0, 0.1) is 0 Å². The summed E-state index contributed by atoms with van der Waals surface area (Å²) < 4.78 is 5.32. The Kier molecular flexibility index (Phi) is 5.53. The van der Waals surface area contributed by atoms with E-state index in [1.165, 1.54) is 12.8 Å². The van der Waals surface area contributed by atoms with Gasteiger partial charge in [-0.15, -0.1) is 0 Å². The van der Waals surface area contributed by atoms with Crippen LogP contribution in [0.25, 0.3) is 0 Å². The number of amides is 1. The highest BCUT2D eigenvalue weighted by Crippen LogP contribution is 2.22. The molecule has 0 atom stereocenters. The number of nitrogens with one attached hydrogen (secondary N) is 1. The molecule has 0 heterocycles. The maximum Gasteiger partial charge on any atom is 0.246 e. The Hall–Kier alpha value is -0.830. The fourth-order valence-corrected chi connectivity index (χ4v) is 1.86. The van der Waals surface area contributed by atoms with E-state index >= 15 is 0 Å². The van der Waals surface area contributed by atoms with Crippen molar-refractivity contribution in [2.75, 3.05) is 13.2 Å². The lowest BCUT2D eigenvalue weighted by Gasteiger charge is -2.25. The molecule has 0 aromatic carbocycles. The lowest BCUT2D eigenvalue weighted by molar-refractivity contribution is -0.127. The fraction of sp³-hybridized carbons (Fsp3) is 0.769. The zero-order valence-corrected chi connectivity index (χ0v) is 10.4. The van der Waals surface area contributed by atoms with Crippen LogP contribution in [0.5, 0.6) is 0 Å². The van der Waals surface area contributed by atoms with Gasteiger partial charge in [0, 0.05) is 12.1 Å². The highest BCUT2D eigenvalue weighted by atomic mass is 16.5. The molecule has 0 aromatic heterocycles. The predicted molar refractivity (Wildman–Crippen MR) is 65.3 cm³/mol. The van der Waals surface area contributed by atoms with E-state index in [2.05, 4.69) is 31.3 Å². The van der Waals surface area contributed by atoms with E-state index in [0.717, 1.165) is 19.3 Å². The van der Waals surface area contributed by atoms with Crippen LogP contribution >= 0.6 is 0 Å². The van der Waals surface area contributed by atoms with Gasteiger partial charge in [-0.2, -0.15) is 0 Å².